The number of hydrogen-bond donors (Lipinski definition) is 1. The maximum absolute atomic E-state index is 13.4. The van der Waals surface area contributed by atoms with Crippen LogP contribution in [0.25, 0.3) is 0 Å². The van der Waals surface area contributed by atoms with Gasteiger partial charge in [-0.25, -0.2) is 0 Å². The van der Waals surface area contributed by atoms with Crippen LogP contribution in [-0.4, -0.2) is 35.7 Å². The number of nitro benzene ring substituents is 1. The summed E-state index contributed by atoms with van der Waals surface area (Å²) in [5.41, 5.74) is 0.557. The van der Waals surface area contributed by atoms with E-state index in [4.69, 9.17) is 0 Å². The Hall–Kier alpha value is -3.29. The molecule has 8 heteroatoms. The lowest BCUT2D eigenvalue weighted by atomic mass is 10.1. The zero-order valence-corrected chi connectivity index (χ0v) is 13.7. The van der Waals surface area contributed by atoms with Crippen molar-refractivity contribution in [3.8, 4) is 0 Å². The van der Waals surface area contributed by atoms with Crippen molar-refractivity contribution in [1.29, 1.82) is 0 Å². The topological polar surface area (TPSA) is 92.6 Å². The lowest BCUT2D eigenvalue weighted by Gasteiger charge is -2.17. The van der Waals surface area contributed by atoms with E-state index < -0.39 is 22.3 Å². The number of amides is 2. The third-order valence-corrected chi connectivity index (χ3v) is 3.60. The summed E-state index contributed by atoms with van der Waals surface area (Å²) in [5.74, 6) is -1.68. The molecule has 0 fully saturated rings. The minimum absolute atomic E-state index is 0.0255. The van der Waals surface area contributed by atoms with Crippen LogP contribution < -0.4 is 5.32 Å². The summed E-state index contributed by atoms with van der Waals surface area (Å²) in [6, 6.07) is 9.71. The van der Waals surface area contributed by atoms with Gasteiger partial charge in [-0.3, -0.25) is 19.7 Å². The van der Waals surface area contributed by atoms with Gasteiger partial charge in [-0.15, -0.1) is 0 Å². The summed E-state index contributed by atoms with van der Waals surface area (Å²) in [4.78, 5) is 35.1. The van der Waals surface area contributed by atoms with Crippen LogP contribution in [0.1, 0.15) is 26.3 Å². The van der Waals surface area contributed by atoms with Gasteiger partial charge in [0.05, 0.1) is 4.92 Å². The van der Waals surface area contributed by atoms with E-state index in [2.05, 4.69) is 5.32 Å². The summed E-state index contributed by atoms with van der Waals surface area (Å²) in [7, 11) is 3.06. The van der Waals surface area contributed by atoms with Gasteiger partial charge in [0.2, 0.25) is 5.82 Å². The summed E-state index contributed by atoms with van der Waals surface area (Å²) in [5, 5.41) is 13.3. The highest BCUT2D eigenvalue weighted by Crippen LogP contribution is 2.20. The molecule has 0 aliphatic rings. The van der Waals surface area contributed by atoms with Gasteiger partial charge >= 0.3 is 5.69 Å². The Kier molecular flexibility index (Phi) is 5.43. The fourth-order valence-corrected chi connectivity index (χ4v) is 2.26. The number of rotatable bonds is 5. The first-order chi connectivity index (χ1) is 11.8. The Bertz CT molecular complexity index is 821. The number of carbonyl (C=O) groups is 2. The molecule has 2 amide bonds. The zero-order valence-electron chi connectivity index (χ0n) is 13.7. The number of carbonyl (C=O) groups excluding carboxylic acids is 2. The molecular weight excluding hydrogens is 329 g/mol. The van der Waals surface area contributed by atoms with E-state index in [0.29, 0.717) is 5.56 Å². The van der Waals surface area contributed by atoms with Gasteiger partial charge in [0.15, 0.2) is 0 Å². The first-order valence-electron chi connectivity index (χ1n) is 7.34. The van der Waals surface area contributed by atoms with Gasteiger partial charge in [0, 0.05) is 37.8 Å². The standard InChI is InChI=1S/C17H16FN3O4/c1-19-16(22)12-5-3-11(4-6-12)10-20(2)17(23)13-7-8-14(18)15(9-13)21(24)25/h3-9H,10H2,1-2H3,(H,19,22). The van der Waals surface area contributed by atoms with E-state index in [1.54, 1.807) is 24.3 Å². The molecule has 0 saturated carbocycles. The molecule has 25 heavy (non-hydrogen) atoms. The van der Waals surface area contributed by atoms with E-state index in [1.807, 2.05) is 0 Å². The van der Waals surface area contributed by atoms with Crippen LogP contribution in [0.4, 0.5) is 10.1 Å². The molecule has 2 aromatic carbocycles. The monoisotopic (exact) mass is 345 g/mol. The second-order valence-corrected chi connectivity index (χ2v) is 5.36. The van der Waals surface area contributed by atoms with Gasteiger partial charge in [-0.1, -0.05) is 12.1 Å². The number of hydrogen-bond acceptors (Lipinski definition) is 4. The van der Waals surface area contributed by atoms with Crippen molar-refractivity contribution in [2.45, 2.75) is 6.54 Å². The molecule has 7 nitrogen and oxygen atoms in total. The van der Waals surface area contributed by atoms with Crippen molar-refractivity contribution >= 4 is 17.5 Å². The summed E-state index contributed by atoms with van der Waals surface area (Å²) in [6.07, 6.45) is 0. The molecule has 0 radical (unpaired) electrons. The molecule has 0 aliphatic carbocycles. The molecule has 0 aromatic heterocycles. The highest BCUT2D eigenvalue weighted by atomic mass is 19.1. The van der Waals surface area contributed by atoms with Crippen molar-refractivity contribution in [2.75, 3.05) is 14.1 Å². The molecule has 1 N–H and O–H groups in total. The van der Waals surface area contributed by atoms with Crippen LogP contribution in [0.2, 0.25) is 0 Å². The zero-order chi connectivity index (χ0) is 18.6. The predicted octanol–water partition coefficient (Wildman–Crippen LogP) is 2.37. The SMILES string of the molecule is CNC(=O)c1ccc(CN(C)C(=O)c2ccc(F)c([N+](=O)[O-])c2)cc1. The second kappa shape index (κ2) is 7.52. The maximum Gasteiger partial charge on any atom is 0.305 e. The number of halogens is 1. The van der Waals surface area contributed by atoms with Crippen LogP contribution >= 0.6 is 0 Å². The first kappa shape index (κ1) is 18.1. The Morgan fingerprint density at radius 3 is 2.32 bits per heavy atom. The summed E-state index contributed by atoms with van der Waals surface area (Å²) >= 11 is 0. The maximum atomic E-state index is 13.4. The fourth-order valence-electron chi connectivity index (χ4n) is 2.26. The van der Waals surface area contributed by atoms with Gasteiger partial charge in [0.1, 0.15) is 0 Å². The molecule has 0 atom stereocenters. The van der Waals surface area contributed by atoms with Crippen molar-refractivity contribution in [2.24, 2.45) is 0 Å². The Labute approximate surface area is 143 Å². The van der Waals surface area contributed by atoms with E-state index in [0.717, 1.165) is 17.7 Å². The third kappa shape index (κ3) is 4.17. The average molecular weight is 345 g/mol. The predicted molar refractivity (Wildman–Crippen MR) is 88.7 cm³/mol. The Morgan fingerprint density at radius 1 is 1.16 bits per heavy atom. The molecular formula is C17H16FN3O4. The molecule has 0 saturated heterocycles. The lowest BCUT2D eigenvalue weighted by Crippen LogP contribution is -2.26. The van der Waals surface area contributed by atoms with Crippen LogP contribution in [-0.2, 0) is 6.54 Å². The second-order valence-electron chi connectivity index (χ2n) is 5.36. The minimum atomic E-state index is -0.992. The van der Waals surface area contributed by atoms with Crippen molar-refractivity contribution in [3.05, 3.63) is 75.1 Å². The molecule has 2 aromatic rings. The quantitative estimate of drug-likeness (QED) is 0.665. The van der Waals surface area contributed by atoms with Crippen molar-refractivity contribution in [3.63, 3.8) is 0 Å². The molecule has 0 unspecified atom stereocenters. The van der Waals surface area contributed by atoms with Gasteiger partial charge in [-0.2, -0.15) is 4.39 Å². The largest absolute Gasteiger partial charge is 0.355 e. The first-order valence-corrected chi connectivity index (χ1v) is 7.34. The molecule has 0 bridgehead atoms. The number of nitro groups is 1. The number of nitrogens with one attached hydrogen (secondary N) is 1. The fraction of sp³-hybridized carbons (Fsp3) is 0.176. The average Bonchev–Trinajstić information content (AvgIpc) is 2.61. The molecule has 130 valence electrons. The minimum Gasteiger partial charge on any atom is -0.355 e. The lowest BCUT2D eigenvalue weighted by molar-refractivity contribution is -0.387. The summed E-state index contributed by atoms with van der Waals surface area (Å²) < 4.78 is 13.4. The van der Waals surface area contributed by atoms with E-state index in [-0.39, 0.29) is 18.0 Å². The molecule has 0 heterocycles. The summed E-state index contributed by atoms with van der Waals surface area (Å²) in [6.45, 7) is 0.234. The number of benzene rings is 2. The van der Waals surface area contributed by atoms with Crippen LogP contribution in [0.15, 0.2) is 42.5 Å². The Morgan fingerprint density at radius 2 is 1.76 bits per heavy atom. The van der Waals surface area contributed by atoms with E-state index >= 15 is 0 Å². The highest BCUT2D eigenvalue weighted by Gasteiger charge is 2.19. The number of nitrogens with zero attached hydrogens (tertiary/aromatic N) is 2. The van der Waals surface area contributed by atoms with Gasteiger partial charge < -0.3 is 10.2 Å². The smallest absolute Gasteiger partial charge is 0.305 e. The van der Waals surface area contributed by atoms with Crippen molar-refractivity contribution < 1.29 is 18.9 Å². The van der Waals surface area contributed by atoms with Crippen molar-refractivity contribution in [1.82, 2.24) is 10.2 Å². The molecule has 2 rings (SSSR count). The molecule has 0 spiro atoms. The normalized spacial score (nSPS) is 10.2. The van der Waals surface area contributed by atoms with Crippen LogP contribution in [0.3, 0.4) is 0 Å². The Balaban J connectivity index is 2.14. The highest BCUT2D eigenvalue weighted by molar-refractivity contribution is 5.95. The van der Waals surface area contributed by atoms with E-state index in [1.165, 1.54) is 25.1 Å². The third-order valence-electron chi connectivity index (χ3n) is 3.60. The van der Waals surface area contributed by atoms with Crippen LogP contribution in [0, 0.1) is 15.9 Å². The molecule has 0 aliphatic heterocycles. The van der Waals surface area contributed by atoms with E-state index in [9.17, 15) is 24.1 Å². The van der Waals surface area contributed by atoms with Gasteiger partial charge in [0.25, 0.3) is 11.8 Å². The van der Waals surface area contributed by atoms with Gasteiger partial charge in [-0.05, 0) is 29.8 Å². The van der Waals surface area contributed by atoms with Crippen LogP contribution in [0.5, 0.6) is 0 Å².